The summed E-state index contributed by atoms with van der Waals surface area (Å²) in [4.78, 5) is 2.09. The summed E-state index contributed by atoms with van der Waals surface area (Å²) in [6.07, 6.45) is 0. The summed E-state index contributed by atoms with van der Waals surface area (Å²) < 4.78 is 4.98. The van der Waals surface area contributed by atoms with Crippen LogP contribution in [0.15, 0.2) is 18.2 Å². The number of benzene rings is 1. The van der Waals surface area contributed by atoms with Crippen LogP contribution in [0.4, 0.5) is 5.69 Å². The van der Waals surface area contributed by atoms with E-state index in [-0.39, 0.29) is 6.61 Å². The second-order valence-electron chi connectivity index (χ2n) is 4.25. The van der Waals surface area contributed by atoms with Crippen LogP contribution >= 0.6 is 11.6 Å². The second kappa shape index (κ2) is 9.15. The zero-order chi connectivity index (χ0) is 14.1. The van der Waals surface area contributed by atoms with E-state index in [9.17, 15) is 0 Å². The third-order valence-electron chi connectivity index (χ3n) is 2.95. The molecule has 0 spiro atoms. The highest BCUT2D eigenvalue weighted by atomic mass is 35.5. The Kier molecular flexibility index (Phi) is 7.82. The zero-order valence-corrected chi connectivity index (χ0v) is 12.4. The molecular formula is C14H23ClN2O2. The zero-order valence-electron chi connectivity index (χ0n) is 11.7. The lowest BCUT2D eigenvalue weighted by molar-refractivity contribution is 0.199. The smallest absolute Gasteiger partial charge is 0.0606 e. The van der Waals surface area contributed by atoms with Gasteiger partial charge in [-0.05, 0) is 24.6 Å². The highest BCUT2D eigenvalue weighted by Gasteiger charge is 2.07. The van der Waals surface area contributed by atoms with Gasteiger partial charge in [0.15, 0.2) is 0 Å². The molecule has 0 saturated heterocycles. The summed E-state index contributed by atoms with van der Waals surface area (Å²) in [5, 5.41) is 13.0. The first-order valence-corrected chi connectivity index (χ1v) is 6.94. The van der Waals surface area contributed by atoms with E-state index in [1.165, 1.54) is 0 Å². The number of nitrogens with zero attached hydrogens (tertiary/aromatic N) is 1. The molecule has 1 aromatic rings. The molecule has 4 nitrogen and oxygen atoms in total. The number of likely N-dealkylation sites (N-methyl/N-ethyl adjacent to an activating group) is 1. The number of hydrogen-bond acceptors (Lipinski definition) is 4. The lowest BCUT2D eigenvalue weighted by Crippen LogP contribution is -2.26. The van der Waals surface area contributed by atoms with Gasteiger partial charge in [-0.15, -0.1) is 0 Å². The van der Waals surface area contributed by atoms with Crippen molar-refractivity contribution >= 4 is 17.3 Å². The number of nitrogens with one attached hydrogen (secondary N) is 1. The van der Waals surface area contributed by atoms with Crippen LogP contribution in [-0.2, 0) is 11.3 Å². The Morgan fingerprint density at radius 1 is 1.42 bits per heavy atom. The van der Waals surface area contributed by atoms with Crippen LogP contribution < -0.4 is 10.2 Å². The highest BCUT2D eigenvalue weighted by molar-refractivity contribution is 6.31. The van der Waals surface area contributed by atoms with Gasteiger partial charge >= 0.3 is 0 Å². The van der Waals surface area contributed by atoms with Gasteiger partial charge < -0.3 is 20.1 Å². The van der Waals surface area contributed by atoms with Gasteiger partial charge in [0.25, 0.3) is 0 Å². The first-order valence-electron chi connectivity index (χ1n) is 6.56. The largest absolute Gasteiger partial charge is 0.395 e. The molecule has 0 unspecified atom stereocenters. The van der Waals surface area contributed by atoms with Crippen molar-refractivity contribution in [3.63, 3.8) is 0 Å². The summed E-state index contributed by atoms with van der Waals surface area (Å²) in [6.45, 7) is 5.90. The quantitative estimate of drug-likeness (QED) is 0.681. The van der Waals surface area contributed by atoms with Crippen molar-refractivity contribution in [1.82, 2.24) is 5.32 Å². The number of aliphatic hydroxyl groups is 1. The maximum absolute atomic E-state index is 9.02. The van der Waals surface area contributed by atoms with Gasteiger partial charge in [0.1, 0.15) is 0 Å². The number of hydrogen-bond donors (Lipinski definition) is 2. The normalized spacial score (nSPS) is 10.7. The molecule has 1 rings (SSSR count). The Morgan fingerprint density at radius 3 is 2.79 bits per heavy atom. The molecular weight excluding hydrogens is 264 g/mol. The standard InChI is InChI=1S/C14H23ClN2O2/c1-3-17(7-8-18)13-5-4-12(14(15)10-13)11-16-6-9-19-2/h4-5,10,16,18H,3,6-9,11H2,1-2H3. The summed E-state index contributed by atoms with van der Waals surface area (Å²) in [7, 11) is 1.68. The Balaban J connectivity index is 2.62. The average Bonchev–Trinajstić information content (AvgIpc) is 2.42. The predicted octanol–water partition coefficient (Wildman–Crippen LogP) is 1.89. The number of rotatable bonds is 9. The van der Waals surface area contributed by atoms with E-state index in [1.807, 2.05) is 18.2 Å². The van der Waals surface area contributed by atoms with E-state index < -0.39 is 0 Å². The van der Waals surface area contributed by atoms with Gasteiger partial charge in [0, 0.05) is 44.0 Å². The van der Waals surface area contributed by atoms with Gasteiger partial charge in [-0.3, -0.25) is 0 Å². The molecule has 0 bridgehead atoms. The summed E-state index contributed by atoms with van der Waals surface area (Å²) in [5.41, 5.74) is 2.11. The van der Waals surface area contributed by atoms with E-state index in [4.69, 9.17) is 21.4 Å². The summed E-state index contributed by atoms with van der Waals surface area (Å²) in [6, 6.07) is 6.02. The SMILES string of the molecule is CCN(CCO)c1ccc(CNCCOC)c(Cl)c1. The minimum Gasteiger partial charge on any atom is -0.395 e. The molecule has 0 aliphatic carbocycles. The molecule has 1 aromatic carbocycles. The second-order valence-corrected chi connectivity index (χ2v) is 4.66. The van der Waals surface area contributed by atoms with Crippen LogP contribution in [0.25, 0.3) is 0 Å². The fraction of sp³-hybridized carbons (Fsp3) is 0.571. The molecule has 0 heterocycles. The van der Waals surface area contributed by atoms with Crippen LogP contribution in [0.5, 0.6) is 0 Å². The molecule has 0 fully saturated rings. The molecule has 108 valence electrons. The van der Waals surface area contributed by atoms with Crippen molar-refractivity contribution in [3.8, 4) is 0 Å². The van der Waals surface area contributed by atoms with E-state index in [0.29, 0.717) is 13.2 Å². The Bertz CT molecular complexity index is 374. The van der Waals surface area contributed by atoms with Gasteiger partial charge in [0.05, 0.1) is 13.2 Å². The lowest BCUT2D eigenvalue weighted by atomic mass is 10.2. The number of aliphatic hydroxyl groups excluding tert-OH is 1. The molecule has 0 amide bonds. The fourth-order valence-electron chi connectivity index (χ4n) is 1.86. The minimum atomic E-state index is 0.145. The molecule has 5 heteroatoms. The van der Waals surface area contributed by atoms with Crippen LogP contribution in [-0.4, -0.2) is 45.1 Å². The van der Waals surface area contributed by atoms with Crippen molar-refractivity contribution in [2.45, 2.75) is 13.5 Å². The van der Waals surface area contributed by atoms with Crippen LogP contribution in [0.2, 0.25) is 5.02 Å². The van der Waals surface area contributed by atoms with E-state index in [1.54, 1.807) is 7.11 Å². The molecule has 0 aliphatic heterocycles. The highest BCUT2D eigenvalue weighted by Crippen LogP contribution is 2.23. The van der Waals surface area contributed by atoms with Gasteiger partial charge in [-0.25, -0.2) is 0 Å². The van der Waals surface area contributed by atoms with E-state index in [0.717, 1.165) is 35.9 Å². The maximum Gasteiger partial charge on any atom is 0.0606 e. The first-order chi connectivity index (χ1) is 9.22. The molecule has 0 aromatic heterocycles. The number of ether oxygens (including phenoxy) is 1. The fourth-order valence-corrected chi connectivity index (χ4v) is 2.11. The number of methoxy groups -OCH3 is 1. The third kappa shape index (κ3) is 5.37. The molecule has 0 radical (unpaired) electrons. The molecule has 0 saturated carbocycles. The van der Waals surface area contributed by atoms with Crippen molar-refractivity contribution in [1.29, 1.82) is 0 Å². The Labute approximate surface area is 120 Å². The van der Waals surface area contributed by atoms with Crippen molar-refractivity contribution in [3.05, 3.63) is 28.8 Å². The van der Waals surface area contributed by atoms with Crippen LogP contribution in [0, 0.1) is 0 Å². The molecule has 2 N–H and O–H groups in total. The molecule has 0 aliphatic rings. The van der Waals surface area contributed by atoms with E-state index >= 15 is 0 Å². The molecule has 0 atom stereocenters. The summed E-state index contributed by atoms with van der Waals surface area (Å²) >= 11 is 6.28. The third-order valence-corrected chi connectivity index (χ3v) is 3.30. The average molecular weight is 287 g/mol. The first kappa shape index (κ1) is 16.2. The molecule has 19 heavy (non-hydrogen) atoms. The van der Waals surface area contributed by atoms with E-state index in [2.05, 4.69) is 17.1 Å². The van der Waals surface area contributed by atoms with Crippen LogP contribution in [0.1, 0.15) is 12.5 Å². The Morgan fingerprint density at radius 2 is 2.21 bits per heavy atom. The van der Waals surface area contributed by atoms with Crippen molar-refractivity contribution in [2.24, 2.45) is 0 Å². The van der Waals surface area contributed by atoms with Gasteiger partial charge in [-0.2, -0.15) is 0 Å². The monoisotopic (exact) mass is 286 g/mol. The minimum absolute atomic E-state index is 0.145. The Hall–Kier alpha value is -0.810. The lowest BCUT2D eigenvalue weighted by Gasteiger charge is -2.22. The van der Waals surface area contributed by atoms with Crippen molar-refractivity contribution in [2.75, 3.05) is 44.9 Å². The van der Waals surface area contributed by atoms with Crippen LogP contribution in [0.3, 0.4) is 0 Å². The number of anilines is 1. The van der Waals surface area contributed by atoms with Crippen molar-refractivity contribution < 1.29 is 9.84 Å². The summed E-state index contributed by atoms with van der Waals surface area (Å²) in [5.74, 6) is 0. The van der Waals surface area contributed by atoms with Gasteiger partial charge in [-0.1, -0.05) is 17.7 Å². The number of halogens is 1. The maximum atomic E-state index is 9.02. The predicted molar refractivity (Wildman–Crippen MR) is 80.0 cm³/mol. The topological polar surface area (TPSA) is 44.7 Å². The van der Waals surface area contributed by atoms with Gasteiger partial charge in [0.2, 0.25) is 0 Å².